The Balaban J connectivity index is 0.000000235. The molecule has 1 fully saturated rings. The van der Waals surface area contributed by atoms with Crippen LogP contribution in [0.2, 0.25) is 10.3 Å². The van der Waals surface area contributed by atoms with E-state index in [1.165, 1.54) is 0 Å². The van der Waals surface area contributed by atoms with E-state index in [1.54, 1.807) is 0 Å². The van der Waals surface area contributed by atoms with Crippen molar-refractivity contribution in [1.29, 1.82) is 0 Å². The molecular formula is C9H6Br2Cl2N4O4. The van der Waals surface area contributed by atoms with Gasteiger partial charge in [-0.25, -0.2) is 8.91 Å². The van der Waals surface area contributed by atoms with E-state index >= 15 is 0 Å². The molecule has 0 spiro atoms. The van der Waals surface area contributed by atoms with Crippen LogP contribution in [-0.2, 0) is 9.59 Å². The molecule has 2 heterocycles. The maximum Gasteiger partial charge on any atom is 0.330 e. The van der Waals surface area contributed by atoms with Crippen molar-refractivity contribution in [1.82, 2.24) is 8.91 Å². The number of hydrogen-bond acceptors (Lipinski definition) is 6. The van der Waals surface area contributed by atoms with Crippen molar-refractivity contribution in [3.63, 3.8) is 0 Å². The van der Waals surface area contributed by atoms with Crippen LogP contribution in [0.4, 0.5) is 11.4 Å². The minimum absolute atomic E-state index is 0.00639. The van der Waals surface area contributed by atoms with Crippen molar-refractivity contribution in [2.24, 2.45) is 0 Å². The van der Waals surface area contributed by atoms with E-state index in [4.69, 9.17) is 28.9 Å². The van der Waals surface area contributed by atoms with Crippen molar-refractivity contribution < 1.29 is 14.5 Å². The number of carbonyl (C=O) groups excluding carboxylic acids is 2. The molecule has 2 amide bonds. The van der Waals surface area contributed by atoms with Gasteiger partial charge in [0.2, 0.25) is 17.0 Å². The maximum atomic E-state index is 10.4. The van der Waals surface area contributed by atoms with E-state index in [-0.39, 0.29) is 32.3 Å². The van der Waals surface area contributed by atoms with Crippen LogP contribution < -0.4 is 5.73 Å². The van der Waals surface area contributed by atoms with Gasteiger partial charge < -0.3 is 5.73 Å². The molecule has 0 aliphatic carbocycles. The fourth-order valence-electron chi connectivity index (χ4n) is 1.24. The molecule has 1 aliphatic heterocycles. The van der Waals surface area contributed by atoms with E-state index < -0.39 is 10.6 Å². The van der Waals surface area contributed by atoms with Gasteiger partial charge in [-0.15, -0.1) is 0 Å². The van der Waals surface area contributed by atoms with Gasteiger partial charge in [0.05, 0.1) is 25.5 Å². The fraction of sp³-hybridized carbons (Fsp3) is 0.222. The van der Waals surface area contributed by atoms with E-state index in [9.17, 15) is 19.7 Å². The number of imide groups is 1. The van der Waals surface area contributed by atoms with Crippen LogP contribution in [-0.4, -0.2) is 25.6 Å². The third-order valence-electron chi connectivity index (χ3n) is 2.24. The van der Waals surface area contributed by atoms with Gasteiger partial charge in [0.1, 0.15) is 10.8 Å². The number of hydrogen-bond donors (Lipinski definition) is 1. The van der Waals surface area contributed by atoms with Gasteiger partial charge in [0.25, 0.3) is 0 Å². The maximum absolute atomic E-state index is 10.4. The average Bonchev–Trinajstić information content (AvgIpc) is 2.68. The second kappa shape index (κ2) is 7.34. The van der Waals surface area contributed by atoms with Gasteiger partial charge in [-0.2, -0.15) is 0 Å². The zero-order valence-corrected chi connectivity index (χ0v) is 14.7. The lowest BCUT2D eigenvalue weighted by molar-refractivity contribution is -0.384. The quantitative estimate of drug-likeness (QED) is 0.224. The smallest absolute Gasteiger partial charge is 0.330 e. The molecule has 1 saturated heterocycles. The van der Waals surface area contributed by atoms with Gasteiger partial charge in [-0.3, -0.25) is 19.7 Å². The van der Waals surface area contributed by atoms with Crippen LogP contribution in [0.5, 0.6) is 0 Å². The normalized spacial score (nSPS) is 14.0. The zero-order chi connectivity index (χ0) is 16.3. The van der Waals surface area contributed by atoms with Crippen LogP contribution >= 0.6 is 55.3 Å². The number of rotatable bonds is 1. The Bertz CT molecular complexity index is 612. The highest BCUT2D eigenvalue weighted by atomic mass is 79.9. The van der Waals surface area contributed by atoms with E-state index in [0.717, 1.165) is 3.93 Å². The Hall–Kier alpha value is -0.970. The average molecular weight is 465 g/mol. The first kappa shape index (κ1) is 18.1. The molecule has 1 aromatic rings. The second-order valence-electron chi connectivity index (χ2n) is 3.60. The first-order chi connectivity index (χ1) is 9.66. The molecule has 0 unspecified atom stereocenters. The number of anilines is 1. The van der Waals surface area contributed by atoms with Crippen LogP contribution in [0.15, 0.2) is 4.47 Å². The number of nitrogens with two attached hydrogens (primary N) is 1. The van der Waals surface area contributed by atoms with Gasteiger partial charge in [-0.05, 0) is 15.9 Å². The van der Waals surface area contributed by atoms with Crippen LogP contribution in [0.3, 0.4) is 0 Å². The summed E-state index contributed by atoms with van der Waals surface area (Å²) in [5.41, 5.74) is 4.81. The molecule has 0 saturated carbocycles. The summed E-state index contributed by atoms with van der Waals surface area (Å²) in [7, 11) is 0. The molecule has 1 aromatic heterocycles. The second-order valence-corrected chi connectivity index (χ2v) is 5.81. The fourth-order valence-corrected chi connectivity index (χ4v) is 2.35. The summed E-state index contributed by atoms with van der Waals surface area (Å²) in [6.07, 6.45) is 0.703. The molecule has 12 heteroatoms. The SMILES string of the molecule is Nc1c(Br)c(Cl)nc(Cl)c1[N+](=O)[O-].O=C1CCC(=O)N1Br. The summed E-state index contributed by atoms with van der Waals surface area (Å²) in [5, 5.41) is 10.1. The number of nitrogens with zero attached hydrogens (tertiary/aromatic N) is 3. The molecule has 2 rings (SSSR count). The number of carbonyl (C=O) groups is 2. The molecule has 2 N–H and O–H groups in total. The molecule has 8 nitrogen and oxygen atoms in total. The molecule has 114 valence electrons. The third-order valence-corrected chi connectivity index (χ3v) is 4.60. The number of nitro groups is 1. The molecule has 0 atom stereocenters. The Morgan fingerprint density at radius 2 is 1.71 bits per heavy atom. The molecule has 21 heavy (non-hydrogen) atoms. The van der Waals surface area contributed by atoms with Crippen molar-refractivity contribution in [3.05, 3.63) is 24.9 Å². The number of pyridine rings is 1. The molecule has 0 bridgehead atoms. The summed E-state index contributed by atoms with van der Waals surface area (Å²) in [6, 6.07) is 0. The predicted octanol–water partition coefficient (Wildman–Crippen LogP) is 3.09. The van der Waals surface area contributed by atoms with Crippen molar-refractivity contribution in [2.45, 2.75) is 12.8 Å². The number of amides is 2. The monoisotopic (exact) mass is 462 g/mol. The van der Waals surface area contributed by atoms with Crippen LogP contribution in [0.1, 0.15) is 12.8 Å². The largest absolute Gasteiger partial charge is 0.392 e. The summed E-state index contributed by atoms with van der Waals surface area (Å²) in [6.45, 7) is 0. The Morgan fingerprint density at radius 1 is 1.24 bits per heavy atom. The zero-order valence-electron chi connectivity index (χ0n) is 9.98. The standard InChI is InChI=1S/C5H2BrCl2N3O2.C4H4BrNO2/c6-1-2(9)3(11(12)13)5(8)10-4(1)7;5-6-3(7)1-2-4(6)8/h(H2,9,10);1-2H2. The Kier molecular flexibility index (Phi) is 6.32. The topological polar surface area (TPSA) is 119 Å². The summed E-state index contributed by atoms with van der Waals surface area (Å²) in [5.74, 6) is -0.287. The first-order valence-electron chi connectivity index (χ1n) is 5.12. The van der Waals surface area contributed by atoms with E-state index in [0.29, 0.717) is 12.8 Å². The molecule has 0 radical (unpaired) electrons. The van der Waals surface area contributed by atoms with E-state index in [2.05, 4.69) is 37.1 Å². The minimum Gasteiger partial charge on any atom is -0.392 e. The minimum atomic E-state index is -0.717. The Morgan fingerprint density at radius 3 is 2.05 bits per heavy atom. The lowest BCUT2D eigenvalue weighted by Gasteiger charge is -2.02. The summed E-state index contributed by atoms with van der Waals surface area (Å²) < 4.78 is 1.15. The Labute approximate surface area is 145 Å². The van der Waals surface area contributed by atoms with Gasteiger partial charge in [-0.1, -0.05) is 23.2 Å². The van der Waals surface area contributed by atoms with Crippen molar-refractivity contribution in [3.8, 4) is 0 Å². The molecule has 1 aliphatic rings. The van der Waals surface area contributed by atoms with Crippen LogP contribution in [0, 0.1) is 10.1 Å². The predicted molar refractivity (Wildman–Crippen MR) is 83.0 cm³/mol. The lowest BCUT2D eigenvalue weighted by Crippen LogP contribution is -2.16. The lowest BCUT2D eigenvalue weighted by atomic mass is 10.3. The van der Waals surface area contributed by atoms with Gasteiger partial charge in [0, 0.05) is 12.8 Å². The highest BCUT2D eigenvalue weighted by Crippen LogP contribution is 2.38. The molecule has 0 aromatic carbocycles. The third kappa shape index (κ3) is 4.25. The van der Waals surface area contributed by atoms with Crippen molar-refractivity contribution >= 4 is 78.5 Å². The summed E-state index contributed by atoms with van der Waals surface area (Å²) in [4.78, 5) is 34.1. The first-order valence-corrected chi connectivity index (χ1v) is 7.38. The van der Waals surface area contributed by atoms with E-state index in [1.807, 2.05) is 0 Å². The van der Waals surface area contributed by atoms with Crippen molar-refractivity contribution in [2.75, 3.05) is 5.73 Å². The van der Waals surface area contributed by atoms with Gasteiger partial charge in [0.15, 0.2) is 0 Å². The number of aromatic nitrogens is 1. The highest BCUT2D eigenvalue weighted by Gasteiger charge is 2.26. The molecular weight excluding hydrogens is 459 g/mol. The number of nitrogen functional groups attached to an aromatic ring is 1. The van der Waals surface area contributed by atoms with Gasteiger partial charge >= 0.3 is 5.69 Å². The van der Waals surface area contributed by atoms with Crippen LogP contribution in [0.25, 0.3) is 0 Å². The number of halogens is 4. The summed E-state index contributed by atoms with van der Waals surface area (Å²) >= 11 is 16.8. The highest BCUT2D eigenvalue weighted by molar-refractivity contribution is 9.10.